The summed E-state index contributed by atoms with van der Waals surface area (Å²) in [4.78, 5) is 8.49. The Kier molecular flexibility index (Phi) is 2.33. The monoisotopic (exact) mass is 304 g/mol. The van der Waals surface area contributed by atoms with Gasteiger partial charge in [0, 0.05) is 48.0 Å². The first-order valence-electron chi connectivity index (χ1n) is 7.20. The second-order valence-corrected chi connectivity index (χ2v) is 5.46. The summed E-state index contributed by atoms with van der Waals surface area (Å²) in [5.74, 6) is 1.61. The summed E-state index contributed by atoms with van der Waals surface area (Å²) in [6.45, 7) is 0. The van der Waals surface area contributed by atoms with E-state index in [-0.39, 0.29) is 0 Å². The summed E-state index contributed by atoms with van der Waals surface area (Å²) in [5.41, 5.74) is 1.78. The van der Waals surface area contributed by atoms with E-state index in [4.69, 9.17) is 8.83 Å². The molecule has 5 aromatic rings. The molecule has 0 unspecified atom stereocenters. The Labute approximate surface area is 130 Å². The van der Waals surface area contributed by atoms with Crippen molar-refractivity contribution in [1.82, 2.24) is 19.1 Å². The molecule has 0 amide bonds. The molecular formula is C17H12N4O2. The zero-order chi connectivity index (χ0) is 15.4. The first kappa shape index (κ1) is 12.3. The maximum Gasteiger partial charge on any atom is 0.212 e. The van der Waals surface area contributed by atoms with Gasteiger partial charge < -0.3 is 13.4 Å². The maximum absolute atomic E-state index is 5.72. The molecule has 0 aliphatic heterocycles. The Morgan fingerprint density at radius 1 is 1.00 bits per heavy atom. The highest BCUT2D eigenvalue weighted by Gasteiger charge is 2.16. The van der Waals surface area contributed by atoms with Crippen LogP contribution in [0.1, 0.15) is 0 Å². The fourth-order valence-electron chi connectivity index (χ4n) is 2.93. The standard InChI is InChI=1S/C17H12N4O2/c1-20-4-3-19-16(20)14-9-22-15-6-11-8-23-17(12(11)7-13(14)15)21-5-2-18-10-21/h2-10H,1H3. The fraction of sp³-hybridized carbons (Fsp3) is 0.0588. The van der Waals surface area contributed by atoms with E-state index in [9.17, 15) is 0 Å². The number of nitrogens with zero attached hydrogens (tertiary/aromatic N) is 4. The van der Waals surface area contributed by atoms with Crippen LogP contribution in [0.5, 0.6) is 0 Å². The SMILES string of the molecule is Cn1ccnc1-c1coc2cc3coc(-n4ccnc4)c3cc12. The molecule has 6 heteroatoms. The average molecular weight is 304 g/mol. The average Bonchev–Trinajstić information content (AvgIpc) is 3.31. The van der Waals surface area contributed by atoms with Gasteiger partial charge in [0.15, 0.2) is 0 Å². The first-order valence-corrected chi connectivity index (χ1v) is 7.20. The van der Waals surface area contributed by atoms with Crippen LogP contribution in [-0.4, -0.2) is 19.1 Å². The number of hydrogen-bond donors (Lipinski definition) is 0. The van der Waals surface area contributed by atoms with E-state index in [1.54, 1.807) is 31.2 Å². The number of aryl methyl sites for hydroxylation is 1. The molecule has 0 fully saturated rings. The Morgan fingerprint density at radius 3 is 2.74 bits per heavy atom. The number of fused-ring (bicyclic) bond motifs is 2. The van der Waals surface area contributed by atoms with Gasteiger partial charge in [-0.1, -0.05) is 0 Å². The van der Waals surface area contributed by atoms with E-state index in [2.05, 4.69) is 16.0 Å². The third-order valence-corrected chi connectivity index (χ3v) is 4.07. The Hall–Kier alpha value is -3.28. The molecule has 0 atom stereocenters. The van der Waals surface area contributed by atoms with Crippen LogP contribution in [0.2, 0.25) is 0 Å². The lowest BCUT2D eigenvalue weighted by Gasteiger charge is -2.00. The predicted molar refractivity (Wildman–Crippen MR) is 85.3 cm³/mol. The summed E-state index contributed by atoms with van der Waals surface area (Å²) in [5, 5.41) is 3.00. The highest BCUT2D eigenvalue weighted by atomic mass is 16.3. The molecule has 1 aromatic carbocycles. The van der Waals surface area contributed by atoms with Gasteiger partial charge in [-0.15, -0.1) is 0 Å². The van der Waals surface area contributed by atoms with Gasteiger partial charge in [-0.2, -0.15) is 0 Å². The second kappa shape index (κ2) is 4.36. The summed E-state index contributed by atoms with van der Waals surface area (Å²) < 4.78 is 15.3. The van der Waals surface area contributed by atoms with Crippen molar-refractivity contribution in [2.75, 3.05) is 0 Å². The molecule has 4 heterocycles. The molecule has 112 valence electrons. The first-order chi connectivity index (χ1) is 11.3. The van der Waals surface area contributed by atoms with Crippen LogP contribution in [0.4, 0.5) is 0 Å². The van der Waals surface area contributed by atoms with Crippen molar-refractivity contribution < 1.29 is 8.83 Å². The Morgan fingerprint density at radius 2 is 1.96 bits per heavy atom. The number of imidazole rings is 2. The van der Waals surface area contributed by atoms with Gasteiger partial charge >= 0.3 is 0 Å². The minimum Gasteiger partial charge on any atom is -0.464 e. The molecule has 0 aliphatic carbocycles. The highest BCUT2D eigenvalue weighted by molar-refractivity contribution is 6.04. The lowest BCUT2D eigenvalue weighted by Crippen LogP contribution is -1.90. The smallest absolute Gasteiger partial charge is 0.212 e. The lowest BCUT2D eigenvalue weighted by molar-refractivity contribution is 0.543. The Bertz CT molecular complexity index is 1130. The van der Waals surface area contributed by atoms with Crippen molar-refractivity contribution in [2.24, 2.45) is 7.05 Å². The van der Waals surface area contributed by atoms with Crippen LogP contribution in [0.15, 0.2) is 64.6 Å². The van der Waals surface area contributed by atoms with Gasteiger partial charge in [0.25, 0.3) is 0 Å². The van der Waals surface area contributed by atoms with E-state index < -0.39 is 0 Å². The summed E-state index contributed by atoms with van der Waals surface area (Å²) in [6.07, 6.45) is 12.5. The van der Waals surface area contributed by atoms with Crippen molar-refractivity contribution in [3.63, 3.8) is 0 Å². The van der Waals surface area contributed by atoms with E-state index >= 15 is 0 Å². The molecule has 6 nitrogen and oxygen atoms in total. The van der Waals surface area contributed by atoms with Crippen LogP contribution in [0.25, 0.3) is 39.0 Å². The van der Waals surface area contributed by atoms with Crippen molar-refractivity contribution >= 4 is 21.7 Å². The molecule has 0 N–H and O–H groups in total. The molecule has 4 aromatic heterocycles. The van der Waals surface area contributed by atoms with Crippen LogP contribution in [0, 0.1) is 0 Å². The predicted octanol–water partition coefficient (Wildman–Crippen LogP) is 3.77. The normalized spacial score (nSPS) is 11.7. The number of benzene rings is 1. The zero-order valence-electron chi connectivity index (χ0n) is 12.3. The summed E-state index contributed by atoms with van der Waals surface area (Å²) >= 11 is 0. The van der Waals surface area contributed by atoms with Crippen LogP contribution < -0.4 is 0 Å². The minimum atomic E-state index is 0.742. The summed E-state index contributed by atoms with van der Waals surface area (Å²) in [6, 6.07) is 4.07. The quantitative estimate of drug-likeness (QED) is 0.498. The number of hydrogen-bond acceptors (Lipinski definition) is 4. The van der Waals surface area contributed by atoms with Crippen LogP contribution >= 0.6 is 0 Å². The largest absolute Gasteiger partial charge is 0.464 e. The molecule has 0 saturated carbocycles. The molecule has 23 heavy (non-hydrogen) atoms. The third kappa shape index (κ3) is 1.69. The number of aromatic nitrogens is 4. The van der Waals surface area contributed by atoms with E-state index in [0.717, 1.165) is 39.0 Å². The van der Waals surface area contributed by atoms with Crippen molar-refractivity contribution in [1.29, 1.82) is 0 Å². The fourth-order valence-corrected chi connectivity index (χ4v) is 2.93. The number of rotatable bonds is 2. The number of furan rings is 2. The van der Waals surface area contributed by atoms with Gasteiger partial charge in [0.05, 0.1) is 5.56 Å². The second-order valence-electron chi connectivity index (χ2n) is 5.46. The molecular weight excluding hydrogens is 292 g/mol. The molecule has 0 saturated heterocycles. The van der Waals surface area contributed by atoms with E-state index in [1.807, 2.05) is 34.6 Å². The summed E-state index contributed by atoms with van der Waals surface area (Å²) in [7, 11) is 1.97. The molecule has 0 radical (unpaired) electrons. The maximum atomic E-state index is 5.72. The highest BCUT2D eigenvalue weighted by Crippen LogP contribution is 2.35. The van der Waals surface area contributed by atoms with E-state index in [1.165, 1.54) is 0 Å². The van der Waals surface area contributed by atoms with E-state index in [0.29, 0.717) is 0 Å². The minimum absolute atomic E-state index is 0.742. The van der Waals surface area contributed by atoms with Gasteiger partial charge in [-0.3, -0.25) is 4.57 Å². The van der Waals surface area contributed by atoms with Crippen molar-refractivity contribution in [2.45, 2.75) is 0 Å². The molecule has 0 aliphatic rings. The Balaban J connectivity index is 1.82. The van der Waals surface area contributed by atoms with Gasteiger partial charge in [-0.05, 0) is 12.1 Å². The molecule has 0 bridgehead atoms. The molecule has 0 spiro atoms. The van der Waals surface area contributed by atoms with Crippen molar-refractivity contribution in [3.8, 4) is 17.3 Å². The van der Waals surface area contributed by atoms with Crippen LogP contribution in [-0.2, 0) is 7.05 Å². The molecule has 5 rings (SSSR count). The lowest BCUT2D eigenvalue weighted by atomic mass is 10.1. The van der Waals surface area contributed by atoms with Gasteiger partial charge in [-0.25, -0.2) is 9.97 Å². The third-order valence-electron chi connectivity index (χ3n) is 4.07. The topological polar surface area (TPSA) is 61.9 Å². The van der Waals surface area contributed by atoms with Gasteiger partial charge in [0.1, 0.15) is 30.3 Å². The zero-order valence-corrected chi connectivity index (χ0v) is 12.3. The van der Waals surface area contributed by atoms with Crippen LogP contribution in [0.3, 0.4) is 0 Å². The van der Waals surface area contributed by atoms with Crippen molar-refractivity contribution in [3.05, 3.63) is 55.8 Å². The van der Waals surface area contributed by atoms with Gasteiger partial charge in [0.2, 0.25) is 5.88 Å².